The van der Waals surface area contributed by atoms with Gasteiger partial charge in [0.1, 0.15) is 0 Å². The van der Waals surface area contributed by atoms with E-state index < -0.39 is 0 Å². The van der Waals surface area contributed by atoms with Crippen LogP contribution < -0.4 is 5.32 Å². The molecule has 0 aromatic heterocycles. The van der Waals surface area contributed by atoms with Crippen LogP contribution in [0.1, 0.15) is 51.0 Å². The van der Waals surface area contributed by atoms with Crippen molar-refractivity contribution in [2.75, 3.05) is 13.1 Å². The number of benzene rings is 1. The van der Waals surface area contributed by atoms with Gasteiger partial charge in [0.2, 0.25) is 0 Å². The summed E-state index contributed by atoms with van der Waals surface area (Å²) in [6.07, 6.45) is 8.03. The summed E-state index contributed by atoms with van der Waals surface area (Å²) in [6, 6.07) is 9.05. The van der Waals surface area contributed by atoms with Crippen LogP contribution >= 0.6 is 11.6 Å². The normalized spacial score (nSPS) is 25.5. The zero-order valence-electron chi connectivity index (χ0n) is 13.1. The zero-order valence-corrected chi connectivity index (χ0v) is 13.8. The van der Waals surface area contributed by atoms with E-state index in [9.17, 15) is 0 Å². The van der Waals surface area contributed by atoms with Crippen LogP contribution in [-0.2, 0) is 6.54 Å². The molecule has 1 atom stereocenters. The fraction of sp³-hybridized carbons (Fsp3) is 0.667. The molecule has 0 radical (unpaired) electrons. The summed E-state index contributed by atoms with van der Waals surface area (Å²) >= 11 is 6.01. The average Bonchev–Trinajstić information content (AvgIpc) is 2.93. The van der Waals surface area contributed by atoms with Crippen LogP contribution in [0, 0.1) is 0 Å². The van der Waals surface area contributed by atoms with E-state index in [1.165, 1.54) is 50.6 Å². The maximum atomic E-state index is 6.01. The molecule has 1 saturated heterocycles. The molecule has 2 aliphatic rings. The van der Waals surface area contributed by atoms with Crippen molar-refractivity contribution >= 4 is 11.6 Å². The van der Waals surface area contributed by atoms with Crippen LogP contribution in [0.25, 0.3) is 0 Å². The molecule has 1 heterocycles. The molecule has 3 rings (SSSR count). The Balaban J connectivity index is 1.72. The molecule has 1 aromatic rings. The average molecular weight is 307 g/mol. The lowest BCUT2D eigenvalue weighted by Crippen LogP contribution is -2.62. The van der Waals surface area contributed by atoms with Gasteiger partial charge in [-0.15, -0.1) is 0 Å². The molecule has 1 aliphatic heterocycles. The zero-order chi connectivity index (χ0) is 14.7. The standard InChI is InChI=1S/C18H27ClN2/c1-2-5-17-12-20-18(10-3-4-11-18)14-21(17)13-15-6-8-16(19)9-7-15/h6-9,17,20H,2-5,10-14H2,1H3. The van der Waals surface area contributed by atoms with Crippen LogP contribution in [0.4, 0.5) is 0 Å². The molecule has 116 valence electrons. The highest BCUT2D eigenvalue weighted by atomic mass is 35.5. The Kier molecular flexibility index (Phi) is 4.88. The highest BCUT2D eigenvalue weighted by Gasteiger charge is 2.40. The molecule has 21 heavy (non-hydrogen) atoms. The fourth-order valence-corrected chi connectivity index (χ4v) is 4.18. The topological polar surface area (TPSA) is 15.3 Å². The van der Waals surface area contributed by atoms with Crippen molar-refractivity contribution in [1.29, 1.82) is 0 Å². The Labute approximate surface area is 133 Å². The number of nitrogens with one attached hydrogen (secondary N) is 1. The molecular weight excluding hydrogens is 280 g/mol. The molecule has 0 bridgehead atoms. The van der Waals surface area contributed by atoms with Gasteiger partial charge in [-0.3, -0.25) is 4.90 Å². The van der Waals surface area contributed by atoms with Crippen molar-refractivity contribution in [1.82, 2.24) is 10.2 Å². The molecule has 1 aromatic carbocycles. The van der Waals surface area contributed by atoms with Crippen LogP contribution in [0.2, 0.25) is 5.02 Å². The minimum atomic E-state index is 0.399. The van der Waals surface area contributed by atoms with Gasteiger partial charge in [-0.1, -0.05) is 49.9 Å². The van der Waals surface area contributed by atoms with Gasteiger partial charge in [-0.05, 0) is 37.0 Å². The second kappa shape index (κ2) is 6.68. The Morgan fingerprint density at radius 1 is 1.24 bits per heavy atom. The van der Waals surface area contributed by atoms with Crippen molar-refractivity contribution < 1.29 is 0 Å². The summed E-state index contributed by atoms with van der Waals surface area (Å²) in [4.78, 5) is 2.72. The highest BCUT2D eigenvalue weighted by Crippen LogP contribution is 2.34. The van der Waals surface area contributed by atoms with E-state index in [2.05, 4.69) is 29.3 Å². The first-order valence-corrected chi connectivity index (χ1v) is 8.82. The van der Waals surface area contributed by atoms with Gasteiger partial charge in [0.25, 0.3) is 0 Å². The summed E-state index contributed by atoms with van der Waals surface area (Å²) < 4.78 is 0. The van der Waals surface area contributed by atoms with Crippen LogP contribution in [0.5, 0.6) is 0 Å². The monoisotopic (exact) mass is 306 g/mol. The summed E-state index contributed by atoms with van der Waals surface area (Å²) in [6.45, 7) is 5.72. The molecule has 1 spiro atoms. The van der Waals surface area contributed by atoms with Crippen molar-refractivity contribution in [3.63, 3.8) is 0 Å². The van der Waals surface area contributed by atoms with E-state index in [0.717, 1.165) is 18.1 Å². The molecular formula is C18H27ClN2. The molecule has 2 nitrogen and oxygen atoms in total. The summed E-state index contributed by atoms with van der Waals surface area (Å²) in [7, 11) is 0. The van der Waals surface area contributed by atoms with E-state index in [-0.39, 0.29) is 0 Å². The number of hydrogen-bond acceptors (Lipinski definition) is 2. The third kappa shape index (κ3) is 3.61. The Morgan fingerprint density at radius 2 is 1.95 bits per heavy atom. The lowest BCUT2D eigenvalue weighted by Gasteiger charge is -2.46. The predicted octanol–water partition coefficient (Wildman–Crippen LogP) is 4.23. The highest BCUT2D eigenvalue weighted by molar-refractivity contribution is 6.30. The van der Waals surface area contributed by atoms with Gasteiger partial charge in [-0.2, -0.15) is 0 Å². The van der Waals surface area contributed by atoms with Crippen molar-refractivity contribution in [2.24, 2.45) is 0 Å². The summed E-state index contributed by atoms with van der Waals surface area (Å²) in [5, 5.41) is 4.72. The minimum absolute atomic E-state index is 0.399. The quantitative estimate of drug-likeness (QED) is 0.895. The molecule has 0 amide bonds. The van der Waals surface area contributed by atoms with Crippen molar-refractivity contribution in [3.05, 3.63) is 34.9 Å². The first-order chi connectivity index (χ1) is 10.2. The molecule has 1 saturated carbocycles. The van der Waals surface area contributed by atoms with E-state index in [1.54, 1.807) is 0 Å². The lowest BCUT2D eigenvalue weighted by molar-refractivity contribution is 0.0690. The molecule has 1 N–H and O–H groups in total. The van der Waals surface area contributed by atoms with Gasteiger partial charge in [-0.25, -0.2) is 0 Å². The molecule has 3 heteroatoms. The fourth-order valence-electron chi connectivity index (χ4n) is 4.05. The second-order valence-corrected chi connectivity index (χ2v) is 7.28. The predicted molar refractivity (Wildman–Crippen MR) is 89.8 cm³/mol. The Hall–Kier alpha value is -0.570. The van der Waals surface area contributed by atoms with Gasteiger partial charge in [0.15, 0.2) is 0 Å². The van der Waals surface area contributed by atoms with E-state index in [0.29, 0.717) is 11.6 Å². The third-order valence-corrected chi connectivity index (χ3v) is 5.47. The number of rotatable bonds is 4. The molecule has 1 unspecified atom stereocenters. The van der Waals surface area contributed by atoms with Gasteiger partial charge in [0, 0.05) is 36.2 Å². The van der Waals surface area contributed by atoms with Crippen LogP contribution in [-0.4, -0.2) is 29.6 Å². The van der Waals surface area contributed by atoms with Crippen LogP contribution in [0.15, 0.2) is 24.3 Å². The Morgan fingerprint density at radius 3 is 2.62 bits per heavy atom. The van der Waals surface area contributed by atoms with Gasteiger partial charge in [0.05, 0.1) is 0 Å². The van der Waals surface area contributed by atoms with Gasteiger partial charge >= 0.3 is 0 Å². The number of halogens is 1. The summed E-state index contributed by atoms with van der Waals surface area (Å²) in [5.41, 5.74) is 1.78. The SMILES string of the molecule is CCCC1CNC2(CCCC2)CN1Cc1ccc(Cl)cc1. The second-order valence-electron chi connectivity index (χ2n) is 6.84. The van der Waals surface area contributed by atoms with E-state index >= 15 is 0 Å². The van der Waals surface area contributed by atoms with E-state index in [4.69, 9.17) is 11.6 Å². The first kappa shape index (κ1) is 15.3. The number of nitrogens with zero attached hydrogens (tertiary/aromatic N) is 1. The number of hydrogen-bond donors (Lipinski definition) is 1. The molecule has 1 aliphatic carbocycles. The minimum Gasteiger partial charge on any atom is -0.308 e. The molecule has 2 fully saturated rings. The van der Waals surface area contributed by atoms with E-state index in [1.807, 2.05) is 12.1 Å². The van der Waals surface area contributed by atoms with Crippen molar-refractivity contribution in [2.45, 2.75) is 63.6 Å². The summed E-state index contributed by atoms with van der Waals surface area (Å²) in [5.74, 6) is 0. The van der Waals surface area contributed by atoms with Crippen LogP contribution in [0.3, 0.4) is 0 Å². The first-order valence-electron chi connectivity index (χ1n) is 8.44. The van der Waals surface area contributed by atoms with Gasteiger partial charge < -0.3 is 5.32 Å². The lowest BCUT2D eigenvalue weighted by atomic mass is 9.91. The Bertz CT molecular complexity index is 451. The largest absolute Gasteiger partial charge is 0.308 e. The smallest absolute Gasteiger partial charge is 0.0406 e. The maximum Gasteiger partial charge on any atom is 0.0406 e. The third-order valence-electron chi connectivity index (χ3n) is 5.22. The van der Waals surface area contributed by atoms with Crippen molar-refractivity contribution in [3.8, 4) is 0 Å². The number of piperazine rings is 1. The maximum absolute atomic E-state index is 6.01.